The Labute approximate surface area is 263 Å². The first-order chi connectivity index (χ1) is 21.8. The van der Waals surface area contributed by atoms with E-state index in [1.54, 1.807) is 24.3 Å². The molecule has 14 nitrogen and oxygen atoms in total. The zero-order valence-corrected chi connectivity index (χ0v) is 24.6. The van der Waals surface area contributed by atoms with Gasteiger partial charge in [-0.1, -0.05) is 36.4 Å². The van der Waals surface area contributed by atoms with E-state index >= 15 is 0 Å². The van der Waals surface area contributed by atoms with Crippen LogP contribution in [0.25, 0.3) is 0 Å². The van der Waals surface area contributed by atoms with Crippen LogP contribution in [0, 0.1) is 0 Å². The molecule has 0 bridgehead atoms. The summed E-state index contributed by atoms with van der Waals surface area (Å²) in [5.41, 5.74) is 7.82. The van der Waals surface area contributed by atoms with Crippen LogP contribution in [0.15, 0.2) is 72.8 Å². The second kappa shape index (κ2) is 16.4. The number of hydrogen-bond acceptors (Lipinski definition) is 9. The molecule has 0 aliphatic carbocycles. The Morgan fingerprint density at radius 3 is 1.26 bits per heavy atom. The average molecular weight is 637 g/mol. The smallest absolute Gasteiger partial charge is 0.326 e. The van der Waals surface area contributed by atoms with Crippen molar-refractivity contribution in [2.45, 2.75) is 56.3 Å². The van der Waals surface area contributed by atoms with Gasteiger partial charge in [0.15, 0.2) is 0 Å². The summed E-state index contributed by atoms with van der Waals surface area (Å²) in [6.07, 6.45) is -1.08. The van der Waals surface area contributed by atoms with Gasteiger partial charge in [-0.2, -0.15) is 0 Å². The fraction of sp³-hybridized carbons (Fsp3) is 0.281. The third-order valence-electron chi connectivity index (χ3n) is 7.01. The lowest BCUT2D eigenvalue weighted by Crippen LogP contribution is -2.58. The summed E-state index contributed by atoms with van der Waals surface area (Å²) in [6.45, 7) is 0. The van der Waals surface area contributed by atoms with Crippen LogP contribution >= 0.6 is 0 Å². The number of carboxylic acid groups (broad SMARTS) is 2. The quantitative estimate of drug-likeness (QED) is 0.105. The standard InChI is InChI=1S/C32H36N4O10/c33-24(15-18-1-7-21(37)8-2-18)29(42)35-26(16-19-3-9-22(38)10-4-19)31(44)36-27(17-20-5-11-23(39)12-6-20)30(43)34-25(32(45)46)13-14-28(40)41/h1-12,24-27,37-39H,13-17,33H2,(H,34,43)(H,35,42)(H,36,44)(H,40,41)(H,45,46). The molecule has 14 heteroatoms. The van der Waals surface area contributed by atoms with E-state index in [2.05, 4.69) is 16.0 Å². The van der Waals surface area contributed by atoms with Crippen molar-refractivity contribution in [3.05, 3.63) is 89.5 Å². The summed E-state index contributed by atoms with van der Waals surface area (Å²) in [6, 6.07) is 12.4. The van der Waals surface area contributed by atoms with Crippen molar-refractivity contribution in [2.24, 2.45) is 5.73 Å². The predicted molar refractivity (Wildman–Crippen MR) is 164 cm³/mol. The number of rotatable bonds is 16. The second-order valence-corrected chi connectivity index (χ2v) is 10.7. The Morgan fingerprint density at radius 1 is 0.543 bits per heavy atom. The molecule has 0 spiro atoms. The van der Waals surface area contributed by atoms with Gasteiger partial charge in [0.1, 0.15) is 35.4 Å². The minimum atomic E-state index is -1.56. The molecule has 3 amide bonds. The van der Waals surface area contributed by atoms with Gasteiger partial charge in [-0.15, -0.1) is 0 Å². The highest BCUT2D eigenvalue weighted by atomic mass is 16.4. The summed E-state index contributed by atoms with van der Waals surface area (Å²) in [7, 11) is 0. The fourth-order valence-corrected chi connectivity index (χ4v) is 4.48. The van der Waals surface area contributed by atoms with Crippen LogP contribution in [0.5, 0.6) is 17.2 Å². The number of carbonyl (C=O) groups excluding carboxylic acids is 3. The summed E-state index contributed by atoms with van der Waals surface area (Å²) in [4.78, 5) is 62.9. The maximum Gasteiger partial charge on any atom is 0.326 e. The third-order valence-corrected chi connectivity index (χ3v) is 7.01. The van der Waals surface area contributed by atoms with Gasteiger partial charge < -0.3 is 47.2 Å². The molecule has 0 aliphatic heterocycles. The van der Waals surface area contributed by atoms with E-state index in [1.807, 2.05) is 0 Å². The van der Waals surface area contributed by atoms with Crippen molar-refractivity contribution in [1.29, 1.82) is 0 Å². The van der Waals surface area contributed by atoms with Crippen LogP contribution in [0.1, 0.15) is 29.5 Å². The number of hydrogen-bond donors (Lipinski definition) is 9. The van der Waals surface area contributed by atoms with Crippen molar-refractivity contribution < 1.29 is 49.5 Å². The molecule has 10 N–H and O–H groups in total. The van der Waals surface area contributed by atoms with Crippen LogP contribution in [0.2, 0.25) is 0 Å². The Hall–Kier alpha value is -5.63. The fourth-order valence-electron chi connectivity index (χ4n) is 4.48. The highest BCUT2D eigenvalue weighted by Crippen LogP contribution is 2.15. The highest BCUT2D eigenvalue weighted by Gasteiger charge is 2.31. The molecule has 244 valence electrons. The molecule has 4 unspecified atom stereocenters. The van der Waals surface area contributed by atoms with Crippen LogP contribution in [-0.4, -0.2) is 79.4 Å². The lowest BCUT2D eigenvalue weighted by molar-refractivity contribution is -0.143. The maximum absolute atomic E-state index is 13.7. The number of amides is 3. The minimum absolute atomic E-state index is 0.0220. The first-order valence-electron chi connectivity index (χ1n) is 14.3. The van der Waals surface area contributed by atoms with Crippen molar-refractivity contribution in [1.82, 2.24) is 16.0 Å². The molecule has 3 rings (SSSR count). The zero-order chi connectivity index (χ0) is 33.8. The van der Waals surface area contributed by atoms with Crippen LogP contribution in [0.3, 0.4) is 0 Å². The molecule has 0 aliphatic rings. The zero-order valence-electron chi connectivity index (χ0n) is 24.6. The van der Waals surface area contributed by atoms with Crippen molar-refractivity contribution in [2.75, 3.05) is 0 Å². The number of nitrogens with one attached hydrogen (secondary N) is 3. The number of phenols is 3. The molecule has 0 heterocycles. The molecule has 46 heavy (non-hydrogen) atoms. The van der Waals surface area contributed by atoms with Crippen molar-refractivity contribution in [3.8, 4) is 17.2 Å². The second-order valence-electron chi connectivity index (χ2n) is 10.7. The number of nitrogens with two attached hydrogens (primary N) is 1. The number of aromatic hydroxyl groups is 3. The van der Waals surface area contributed by atoms with E-state index in [4.69, 9.17) is 10.8 Å². The molecule has 3 aromatic rings. The Balaban J connectivity index is 1.85. The molecule has 3 aromatic carbocycles. The molecule has 0 radical (unpaired) electrons. The van der Waals surface area contributed by atoms with E-state index in [0.717, 1.165) is 0 Å². The van der Waals surface area contributed by atoms with Crippen LogP contribution in [0.4, 0.5) is 0 Å². The highest BCUT2D eigenvalue weighted by molar-refractivity contribution is 5.94. The number of carboxylic acids is 2. The van der Waals surface area contributed by atoms with E-state index < -0.39 is 66.7 Å². The molecule has 4 atom stereocenters. The van der Waals surface area contributed by atoms with E-state index in [9.17, 15) is 44.4 Å². The molecular weight excluding hydrogens is 600 g/mol. The SMILES string of the molecule is NC(Cc1ccc(O)cc1)C(=O)NC(Cc1ccc(O)cc1)C(=O)NC(Cc1ccc(O)cc1)C(=O)NC(CCC(=O)O)C(=O)O. The first kappa shape index (κ1) is 34.9. The molecule has 0 saturated carbocycles. The third kappa shape index (κ3) is 11.1. The lowest BCUT2D eigenvalue weighted by atomic mass is 10.0. The monoisotopic (exact) mass is 636 g/mol. The lowest BCUT2D eigenvalue weighted by Gasteiger charge is -2.25. The molecular formula is C32H36N4O10. The number of benzene rings is 3. The topological polar surface area (TPSA) is 249 Å². The van der Waals surface area contributed by atoms with Crippen LogP contribution in [-0.2, 0) is 43.2 Å². The summed E-state index contributed by atoms with van der Waals surface area (Å²) in [5, 5.41) is 54.8. The van der Waals surface area contributed by atoms with E-state index in [1.165, 1.54) is 48.5 Å². The molecule has 0 fully saturated rings. The van der Waals surface area contributed by atoms with Gasteiger partial charge in [0.25, 0.3) is 0 Å². The Bertz CT molecular complexity index is 1510. The van der Waals surface area contributed by atoms with Gasteiger partial charge in [-0.25, -0.2) is 4.79 Å². The van der Waals surface area contributed by atoms with Gasteiger partial charge in [0, 0.05) is 19.3 Å². The van der Waals surface area contributed by atoms with E-state index in [-0.39, 0.29) is 36.5 Å². The summed E-state index contributed by atoms with van der Waals surface area (Å²) < 4.78 is 0. The van der Waals surface area contributed by atoms with Crippen molar-refractivity contribution in [3.63, 3.8) is 0 Å². The number of carbonyl (C=O) groups is 5. The summed E-state index contributed by atoms with van der Waals surface area (Å²) >= 11 is 0. The number of phenolic OH excluding ortho intramolecular Hbond substituents is 3. The van der Waals surface area contributed by atoms with Gasteiger partial charge in [0.2, 0.25) is 17.7 Å². The Morgan fingerprint density at radius 2 is 0.891 bits per heavy atom. The minimum Gasteiger partial charge on any atom is -0.508 e. The van der Waals surface area contributed by atoms with Gasteiger partial charge in [-0.3, -0.25) is 19.2 Å². The van der Waals surface area contributed by atoms with Gasteiger partial charge in [0.05, 0.1) is 6.04 Å². The van der Waals surface area contributed by atoms with Gasteiger partial charge >= 0.3 is 11.9 Å². The summed E-state index contributed by atoms with van der Waals surface area (Å²) in [5.74, 6) is -5.18. The van der Waals surface area contributed by atoms with E-state index in [0.29, 0.717) is 16.7 Å². The predicted octanol–water partition coefficient (Wildman–Crippen LogP) is 0.562. The van der Waals surface area contributed by atoms with Gasteiger partial charge in [-0.05, 0) is 65.9 Å². The Kier molecular flexibility index (Phi) is 12.5. The average Bonchev–Trinajstić information content (AvgIpc) is 3.01. The molecule has 0 aromatic heterocycles. The first-order valence-corrected chi connectivity index (χ1v) is 14.3. The largest absolute Gasteiger partial charge is 0.508 e. The molecule has 0 saturated heterocycles. The normalized spacial score (nSPS) is 13.4. The van der Waals surface area contributed by atoms with Crippen molar-refractivity contribution >= 4 is 29.7 Å². The number of aliphatic carboxylic acids is 2. The van der Waals surface area contributed by atoms with Crippen LogP contribution < -0.4 is 21.7 Å². The maximum atomic E-state index is 13.7.